The van der Waals surface area contributed by atoms with Crippen LogP contribution in [0.2, 0.25) is 0 Å². The molecule has 0 aliphatic carbocycles. The summed E-state index contributed by atoms with van der Waals surface area (Å²) in [4.78, 5) is 22.5. The smallest absolute Gasteiger partial charge is 0.264 e. The van der Waals surface area contributed by atoms with Gasteiger partial charge >= 0.3 is 0 Å². The van der Waals surface area contributed by atoms with E-state index in [9.17, 15) is 9.59 Å². The molecule has 0 saturated heterocycles. The van der Waals surface area contributed by atoms with Gasteiger partial charge in [0, 0.05) is 11.8 Å². The molecule has 0 unspecified atom stereocenters. The molecule has 0 radical (unpaired) electrons. The number of hydrogen-bond donors (Lipinski definition) is 4. The number of rotatable bonds is 5. The van der Waals surface area contributed by atoms with Crippen LogP contribution in [-0.2, 0) is 4.79 Å². The quantitative estimate of drug-likeness (QED) is 0.644. The maximum Gasteiger partial charge on any atom is 0.264 e. The minimum Gasteiger partial charge on any atom is -0.325 e. The highest BCUT2D eigenvalue weighted by molar-refractivity contribution is 5.92. The molecule has 0 spiro atoms. The molecular formula is C13H16N4O2. The molecule has 2 rings (SSSR count). The summed E-state index contributed by atoms with van der Waals surface area (Å²) in [6.45, 7) is 3.00. The number of nitrogens with one attached hydrogen (secondary N) is 4. The summed E-state index contributed by atoms with van der Waals surface area (Å²) in [5.41, 5.74) is 2.15. The monoisotopic (exact) mass is 260 g/mol. The number of aromatic amines is 2. The number of aromatic nitrogens is 2. The van der Waals surface area contributed by atoms with Gasteiger partial charge in [-0.3, -0.25) is 19.8 Å². The third-order valence-corrected chi connectivity index (χ3v) is 2.61. The number of anilines is 1. The van der Waals surface area contributed by atoms with Crippen molar-refractivity contribution in [3.63, 3.8) is 0 Å². The second-order valence-corrected chi connectivity index (χ2v) is 4.08. The molecule has 6 heteroatoms. The molecule has 2 aromatic rings. The van der Waals surface area contributed by atoms with Crippen LogP contribution in [0.3, 0.4) is 0 Å². The molecule has 4 N–H and O–H groups in total. The van der Waals surface area contributed by atoms with Crippen LogP contribution in [0.25, 0.3) is 11.3 Å². The Hall–Kier alpha value is -2.34. The second kappa shape index (κ2) is 6.01. The molecule has 0 fully saturated rings. The maximum absolute atomic E-state index is 11.5. The van der Waals surface area contributed by atoms with Gasteiger partial charge in [0.05, 0.1) is 12.2 Å². The Morgan fingerprint density at radius 2 is 1.95 bits per heavy atom. The van der Waals surface area contributed by atoms with E-state index in [1.165, 1.54) is 6.07 Å². The molecule has 0 bridgehead atoms. The van der Waals surface area contributed by atoms with Gasteiger partial charge in [-0.1, -0.05) is 19.1 Å². The summed E-state index contributed by atoms with van der Waals surface area (Å²) < 4.78 is 0. The van der Waals surface area contributed by atoms with Crippen LogP contribution in [0.15, 0.2) is 35.1 Å². The fraction of sp³-hybridized carbons (Fsp3) is 0.231. The zero-order valence-electron chi connectivity index (χ0n) is 10.6. The normalized spacial score (nSPS) is 10.4. The van der Waals surface area contributed by atoms with Crippen molar-refractivity contribution in [3.05, 3.63) is 40.7 Å². The number of carbonyl (C=O) groups excluding carboxylic acids is 1. The van der Waals surface area contributed by atoms with Crippen LogP contribution in [-0.4, -0.2) is 29.2 Å². The summed E-state index contributed by atoms with van der Waals surface area (Å²) in [6, 6.07) is 8.75. The number of likely N-dealkylation sites (N-methyl/N-ethyl adjacent to an activating group) is 1. The van der Waals surface area contributed by atoms with Crippen molar-refractivity contribution >= 4 is 11.6 Å². The second-order valence-electron chi connectivity index (χ2n) is 4.08. The Morgan fingerprint density at radius 1 is 1.21 bits per heavy atom. The standard InChI is InChI=1S/C13H16N4O2/c1-2-14-8-13(19)15-10-5-3-9(4-6-10)11-7-12(18)17-16-11/h3-7,14H,2,8H2,1H3,(H,15,19)(H2,16,17,18). The third-order valence-electron chi connectivity index (χ3n) is 2.61. The van der Waals surface area contributed by atoms with Crippen molar-refractivity contribution in [1.29, 1.82) is 0 Å². The van der Waals surface area contributed by atoms with E-state index in [0.717, 1.165) is 23.5 Å². The molecule has 100 valence electrons. The molecule has 0 aliphatic rings. The van der Waals surface area contributed by atoms with Crippen LogP contribution >= 0.6 is 0 Å². The van der Waals surface area contributed by atoms with Crippen molar-refractivity contribution in [2.75, 3.05) is 18.4 Å². The fourth-order valence-electron chi connectivity index (χ4n) is 1.66. The van der Waals surface area contributed by atoms with Gasteiger partial charge in [-0.05, 0) is 24.2 Å². The number of hydrogen-bond acceptors (Lipinski definition) is 3. The van der Waals surface area contributed by atoms with Crippen molar-refractivity contribution in [1.82, 2.24) is 15.5 Å². The van der Waals surface area contributed by atoms with Gasteiger partial charge in [-0.2, -0.15) is 0 Å². The van der Waals surface area contributed by atoms with Gasteiger partial charge < -0.3 is 10.6 Å². The zero-order chi connectivity index (χ0) is 13.7. The summed E-state index contributed by atoms with van der Waals surface area (Å²) in [7, 11) is 0. The minimum atomic E-state index is -0.169. The first kappa shape index (κ1) is 13.1. The van der Waals surface area contributed by atoms with Crippen molar-refractivity contribution in [2.24, 2.45) is 0 Å². The van der Waals surface area contributed by atoms with Gasteiger partial charge in [0.15, 0.2) is 0 Å². The fourth-order valence-corrected chi connectivity index (χ4v) is 1.66. The average molecular weight is 260 g/mol. The van der Waals surface area contributed by atoms with Gasteiger partial charge in [0.1, 0.15) is 0 Å². The lowest BCUT2D eigenvalue weighted by Crippen LogP contribution is -2.27. The maximum atomic E-state index is 11.5. The van der Waals surface area contributed by atoms with Gasteiger partial charge in [-0.25, -0.2) is 0 Å². The van der Waals surface area contributed by atoms with E-state index in [1.807, 2.05) is 19.1 Å². The summed E-state index contributed by atoms with van der Waals surface area (Å²) >= 11 is 0. The number of H-pyrrole nitrogens is 2. The van der Waals surface area contributed by atoms with E-state index in [-0.39, 0.29) is 11.5 Å². The Balaban J connectivity index is 2.02. The Bertz CT molecular complexity index is 598. The van der Waals surface area contributed by atoms with E-state index >= 15 is 0 Å². The summed E-state index contributed by atoms with van der Waals surface area (Å²) in [5, 5.41) is 11.0. The van der Waals surface area contributed by atoms with E-state index in [4.69, 9.17) is 0 Å². The largest absolute Gasteiger partial charge is 0.325 e. The molecule has 0 saturated carbocycles. The molecule has 1 amide bonds. The molecule has 1 heterocycles. The molecule has 0 atom stereocenters. The Kier molecular flexibility index (Phi) is 4.15. The van der Waals surface area contributed by atoms with Crippen molar-refractivity contribution < 1.29 is 4.79 Å². The van der Waals surface area contributed by atoms with Crippen LogP contribution in [0, 0.1) is 0 Å². The first-order valence-corrected chi connectivity index (χ1v) is 6.07. The predicted octanol–water partition coefficient (Wildman–Crippen LogP) is 0.918. The average Bonchev–Trinajstić information content (AvgIpc) is 2.84. The highest BCUT2D eigenvalue weighted by atomic mass is 16.2. The highest BCUT2D eigenvalue weighted by Gasteiger charge is 2.03. The van der Waals surface area contributed by atoms with Gasteiger partial charge in [0.25, 0.3) is 5.56 Å². The van der Waals surface area contributed by atoms with E-state index < -0.39 is 0 Å². The molecular weight excluding hydrogens is 244 g/mol. The van der Waals surface area contributed by atoms with Crippen molar-refractivity contribution in [2.45, 2.75) is 6.92 Å². The zero-order valence-corrected chi connectivity index (χ0v) is 10.6. The number of amides is 1. The Labute approximate surface area is 110 Å². The van der Waals surface area contributed by atoms with Crippen LogP contribution in [0.5, 0.6) is 0 Å². The van der Waals surface area contributed by atoms with E-state index in [1.54, 1.807) is 12.1 Å². The molecule has 6 nitrogen and oxygen atoms in total. The van der Waals surface area contributed by atoms with Crippen LogP contribution in [0.1, 0.15) is 6.92 Å². The van der Waals surface area contributed by atoms with E-state index in [0.29, 0.717) is 6.54 Å². The predicted molar refractivity (Wildman–Crippen MR) is 74.0 cm³/mol. The van der Waals surface area contributed by atoms with Gasteiger partial charge in [-0.15, -0.1) is 0 Å². The SMILES string of the molecule is CCNCC(=O)Nc1ccc(-c2cc(=O)[nH][nH]2)cc1. The Morgan fingerprint density at radius 3 is 2.53 bits per heavy atom. The summed E-state index contributed by atoms with van der Waals surface area (Å²) in [5.74, 6) is -0.0790. The number of benzene rings is 1. The molecule has 1 aromatic carbocycles. The van der Waals surface area contributed by atoms with Crippen LogP contribution in [0.4, 0.5) is 5.69 Å². The first-order chi connectivity index (χ1) is 9.19. The lowest BCUT2D eigenvalue weighted by atomic mass is 10.1. The first-order valence-electron chi connectivity index (χ1n) is 6.07. The van der Waals surface area contributed by atoms with Crippen molar-refractivity contribution in [3.8, 4) is 11.3 Å². The molecule has 19 heavy (non-hydrogen) atoms. The highest BCUT2D eigenvalue weighted by Crippen LogP contribution is 2.17. The topological polar surface area (TPSA) is 89.8 Å². The third kappa shape index (κ3) is 3.56. The van der Waals surface area contributed by atoms with Crippen LogP contribution < -0.4 is 16.2 Å². The van der Waals surface area contributed by atoms with E-state index in [2.05, 4.69) is 20.8 Å². The minimum absolute atomic E-state index is 0.0790. The number of carbonyl (C=O) groups is 1. The summed E-state index contributed by atoms with van der Waals surface area (Å²) in [6.07, 6.45) is 0. The molecule has 1 aromatic heterocycles. The van der Waals surface area contributed by atoms with Gasteiger partial charge in [0.2, 0.25) is 5.91 Å². The lowest BCUT2D eigenvalue weighted by Gasteiger charge is -2.06. The molecule has 0 aliphatic heterocycles. The lowest BCUT2D eigenvalue weighted by molar-refractivity contribution is -0.115.